The molecule has 4 rings (SSSR count). The van der Waals surface area contributed by atoms with Gasteiger partial charge in [-0.2, -0.15) is 0 Å². The third-order valence-electron chi connectivity index (χ3n) is 5.03. The summed E-state index contributed by atoms with van der Waals surface area (Å²) in [6.45, 7) is 1.54. The molecule has 0 radical (unpaired) electrons. The third-order valence-corrected chi connectivity index (χ3v) is 5.26. The van der Waals surface area contributed by atoms with Crippen LogP contribution in [0.2, 0.25) is 5.02 Å². The fourth-order valence-electron chi connectivity index (χ4n) is 3.53. The molecule has 0 saturated carbocycles. The van der Waals surface area contributed by atoms with E-state index in [2.05, 4.69) is 10.6 Å². The van der Waals surface area contributed by atoms with Gasteiger partial charge in [-0.3, -0.25) is 9.79 Å². The highest BCUT2D eigenvalue weighted by molar-refractivity contribution is 6.32. The molecule has 1 saturated heterocycles. The molecular weight excluding hydrogens is 350 g/mol. The van der Waals surface area contributed by atoms with E-state index in [1.165, 1.54) is 0 Å². The van der Waals surface area contributed by atoms with E-state index in [-0.39, 0.29) is 5.91 Å². The van der Waals surface area contributed by atoms with Crippen molar-refractivity contribution in [3.05, 3.63) is 58.6 Å². The van der Waals surface area contributed by atoms with Gasteiger partial charge in [-0.1, -0.05) is 11.6 Å². The zero-order valence-electron chi connectivity index (χ0n) is 14.5. The fraction of sp³-hybridized carbons (Fsp3) is 0.300. The first kappa shape index (κ1) is 17.1. The molecule has 2 aromatic rings. The van der Waals surface area contributed by atoms with Gasteiger partial charge in [0.2, 0.25) is 0 Å². The van der Waals surface area contributed by atoms with Crippen molar-refractivity contribution in [2.75, 3.05) is 25.5 Å². The Morgan fingerprint density at radius 1 is 1.12 bits per heavy atom. The van der Waals surface area contributed by atoms with Crippen LogP contribution in [-0.4, -0.2) is 37.4 Å². The lowest BCUT2D eigenvalue weighted by Crippen LogP contribution is -2.49. The molecule has 2 aromatic carbocycles. The summed E-state index contributed by atoms with van der Waals surface area (Å²) in [6.07, 6.45) is 1.33. The van der Waals surface area contributed by atoms with E-state index in [0.29, 0.717) is 17.9 Å². The zero-order chi connectivity index (χ0) is 18.1. The second kappa shape index (κ2) is 6.74. The third kappa shape index (κ3) is 2.97. The number of methoxy groups -OCH3 is 1. The van der Waals surface area contributed by atoms with E-state index in [4.69, 9.17) is 21.3 Å². The smallest absolute Gasteiger partial charge is 0.252 e. The lowest BCUT2D eigenvalue weighted by atomic mass is 9.87. The molecular formula is C20H20ClN3O2. The first-order valence-electron chi connectivity index (χ1n) is 8.68. The predicted octanol–water partition coefficient (Wildman–Crippen LogP) is 3.26. The summed E-state index contributed by atoms with van der Waals surface area (Å²) < 4.78 is 5.26. The van der Waals surface area contributed by atoms with Gasteiger partial charge < -0.3 is 15.4 Å². The molecule has 0 aliphatic carbocycles. The molecule has 26 heavy (non-hydrogen) atoms. The molecule has 1 spiro atoms. The van der Waals surface area contributed by atoms with Crippen molar-refractivity contribution in [1.82, 2.24) is 5.32 Å². The second-order valence-electron chi connectivity index (χ2n) is 6.61. The van der Waals surface area contributed by atoms with Gasteiger partial charge in [0.1, 0.15) is 11.3 Å². The van der Waals surface area contributed by atoms with E-state index in [1.54, 1.807) is 13.2 Å². The van der Waals surface area contributed by atoms with Crippen molar-refractivity contribution in [2.45, 2.75) is 18.4 Å². The molecule has 0 aromatic heterocycles. The summed E-state index contributed by atoms with van der Waals surface area (Å²) >= 11 is 6.25. The molecule has 134 valence electrons. The molecule has 2 heterocycles. The highest BCUT2D eigenvalue weighted by Gasteiger charge is 2.42. The lowest BCUT2D eigenvalue weighted by Gasteiger charge is -2.32. The standard InChI is InChI=1S/C20H20ClN3O2/c1-26-15-5-2-13(3-6-15)18-16-12-14(21)4-7-17(16)23-19(25)20(24-18)8-10-22-11-9-20/h2-7,12,22H,8-11H2,1H3,(H,23,25). The summed E-state index contributed by atoms with van der Waals surface area (Å²) in [6, 6.07) is 13.2. The normalized spacial score (nSPS) is 18.5. The van der Waals surface area contributed by atoms with Crippen LogP contribution in [0, 0.1) is 0 Å². The minimum Gasteiger partial charge on any atom is -0.497 e. The van der Waals surface area contributed by atoms with Gasteiger partial charge >= 0.3 is 0 Å². The summed E-state index contributed by atoms with van der Waals surface area (Å²) in [4.78, 5) is 18.0. The molecule has 2 aliphatic rings. The van der Waals surface area contributed by atoms with Gasteiger partial charge in [-0.05, 0) is 68.4 Å². The van der Waals surface area contributed by atoms with Crippen LogP contribution in [0.4, 0.5) is 5.69 Å². The van der Waals surface area contributed by atoms with E-state index in [0.717, 1.165) is 41.4 Å². The number of amides is 1. The number of carbonyl (C=O) groups is 1. The van der Waals surface area contributed by atoms with Gasteiger partial charge in [0.15, 0.2) is 0 Å². The number of piperidine rings is 1. The molecule has 0 unspecified atom stereocenters. The Bertz CT molecular complexity index is 871. The Morgan fingerprint density at radius 3 is 2.54 bits per heavy atom. The SMILES string of the molecule is COc1ccc(C2=NC3(CCNCC3)C(=O)Nc3ccc(Cl)cc32)cc1. The van der Waals surface area contributed by atoms with Crippen molar-refractivity contribution in [3.8, 4) is 5.75 Å². The number of hydrogen-bond acceptors (Lipinski definition) is 4. The zero-order valence-corrected chi connectivity index (χ0v) is 15.3. The number of fused-ring (bicyclic) bond motifs is 1. The number of aliphatic imine (C=N–C) groups is 1. The number of ether oxygens (including phenoxy) is 1. The second-order valence-corrected chi connectivity index (χ2v) is 7.05. The molecule has 6 heteroatoms. The number of halogens is 1. The number of hydrogen-bond donors (Lipinski definition) is 2. The van der Waals surface area contributed by atoms with Gasteiger partial charge in [0.25, 0.3) is 5.91 Å². The van der Waals surface area contributed by atoms with E-state index in [9.17, 15) is 4.79 Å². The van der Waals surface area contributed by atoms with Crippen LogP contribution < -0.4 is 15.4 Å². The van der Waals surface area contributed by atoms with Gasteiger partial charge in [-0.25, -0.2) is 0 Å². The maximum atomic E-state index is 13.0. The maximum absolute atomic E-state index is 13.0. The van der Waals surface area contributed by atoms with Crippen molar-refractivity contribution in [1.29, 1.82) is 0 Å². The summed E-state index contributed by atoms with van der Waals surface area (Å²) in [7, 11) is 1.64. The van der Waals surface area contributed by atoms with Crippen LogP contribution in [-0.2, 0) is 4.79 Å². The quantitative estimate of drug-likeness (QED) is 0.854. The van der Waals surface area contributed by atoms with Crippen molar-refractivity contribution < 1.29 is 9.53 Å². The number of benzene rings is 2. The van der Waals surface area contributed by atoms with Crippen LogP contribution in [0.15, 0.2) is 47.5 Å². The minimum atomic E-state index is -0.758. The number of nitrogens with one attached hydrogen (secondary N) is 2. The predicted molar refractivity (Wildman–Crippen MR) is 104 cm³/mol. The molecule has 1 amide bonds. The van der Waals surface area contributed by atoms with E-state index >= 15 is 0 Å². The topological polar surface area (TPSA) is 62.7 Å². The highest BCUT2D eigenvalue weighted by Crippen LogP contribution is 2.34. The minimum absolute atomic E-state index is 0.0499. The van der Waals surface area contributed by atoms with Gasteiger partial charge in [0.05, 0.1) is 18.5 Å². The monoisotopic (exact) mass is 369 g/mol. The number of anilines is 1. The summed E-state index contributed by atoms with van der Waals surface area (Å²) in [5, 5.41) is 6.99. The Hall–Kier alpha value is -2.37. The van der Waals surface area contributed by atoms with Crippen LogP contribution >= 0.6 is 11.6 Å². The van der Waals surface area contributed by atoms with E-state index in [1.807, 2.05) is 36.4 Å². The average molecular weight is 370 g/mol. The van der Waals surface area contributed by atoms with Crippen LogP contribution in [0.25, 0.3) is 0 Å². The molecule has 1 fully saturated rings. The van der Waals surface area contributed by atoms with Crippen molar-refractivity contribution >= 4 is 28.9 Å². The Balaban J connectivity index is 1.91. The first-order valence-corrected chi connectivity index (χ1v) is 9.05. The van der Waals surface area contributed by atoms with Crippen LogP contribution in [0.1, 0.15) is 24.0 Å². The van der Waals surface area contributed by atoms with Crippen LogP contribution in [0.3, 0.4) is 0 Å². The Morgan fingerprint density at radius 2 is 1.85 bits per heavy atom. The number of nitrogens with zero attached hydrogens (tertiary/aromatic N) is 1. The number of carbonyl (C=O) groups excluding carboxylic acids is 1. The average Bonchev–Trinajstić information content (AvgIpc) is 2.78. The molecule has 2 aliphatic heterocycles. The van der Waals surface area contributed by atoms with Crippen molar-refractivity contribution in [3.63, 3.8) is 0 Å². The maximum Gasteiger partial charge on any atom is 0.252 e. The molecule has 2 N–H and O–H groups in total. The summed E-state index contributed by atoms with van der Waals surface area (Å²) in [5.74, 6) is 0.728. The van der Waals surface area contributed by atoms with Crippen LogP contribution in [0.5, 0.6) is 5.75 Å². The summed E-state index contributed by atoms with van der Waals surface area (Å²) in [5.41, 5.74) is 2.54. The van der Waals surface area contributed by atoms with Gasteiger partial charge in [0, 0.05) is 16.1 Å². The molecule has 0 bridgehead atoms. The lowest BCUT2D eigenvalue weighted by molar-refractivity contribution is -0.121. The van der Waals surface area contributed by atoms with E-state index < -0.39 is 5.54 Å². The Kier molecular flexibility index (Phi) is 4.42. The van der Waals surface area contributed by atoms with Gasteiger partial charge in [-0.15, -0.1) is 0 Å². The largest absolute Gasteiger partial charge is 0.497 e. The molecule has 0 atom stereocenters. The van der Waals surface area contributed by atoms with Crippen molar-refractivity contribution in [2.24, 2.45) is 4.99 Å². The number of rotatable bonds is 2. The Labute approximate surface area is 157 Å². The fourth-order valence-corrected chi connectivity index (χ4v) is 3.71. The first-order chi connectivity index (χ1) is 12.6. The molecule has 5 nitrogen and oxygen atoms in total. The highest BCUT2D eigenvalue weighted by atomic mass is 35.5.